The summed E-state index contributed by atoms with van der Waals surface area (Å²) in [5.74, 6) is 3.71. The molecule has 2 heteroatoms. The standard InChI is InChI=1S/C26H33FO/c1-3-4-18-5-7-19(8-6-18)20-9-11-21(12-10-20)24-15-13-22-17-23(28-2)14-16-25(22)26(24)27/h3-4,13-21H,5-12H2,1-2H3/b4-3+. The lowest BCUT2D eigenvalue weighted by Gasteiger charge is -2.37. The minimum Gasteiger partial charge on any atom is -0.497 e. The van der Waals surface area contributed by atoms with Crippen LogP contribution in [0.2, 0.25) is 0 Å². The highest BCUT2D eigenvalue weighted by atomic mass is 19.1. The second-order valence-corrected chi connectivity index (χ2v) is 8.87. The first-order valence-corrected chi connectivity index (χ1v) is 11.1. The lowest BCUT2D eigenvalue weighted by atomic mass is 9.68. The van der Waals surface area contributed by atoms with E-state index in [9.17, 15) is 0 Å². The van der Waals surface area contributed by atoms with E-state index in [4.69, 9.17) is 4.74 Å². The summed E-state index contributed by atoms with van der Waals surface area (Å²) in [6, 6.07) is 9.72. The molecule has 150 valence electrons. The van der Waals surface area contributed by atoms with Gasteiger partial charge >= 0.3 is 0 Å². The van der Waals surface area contributed by atoms with Crippen LogP contribution in [-0.2, 0) is 0 Å². The molecule has 0 heterocycles. The van der Waals surface area contributed by atoms with E-state index in [0.29, 0.717) is 5.92 Å². The highest BCUT2D eigenvalue weighted by Gasteiger charge is 2.31. The molecule has 2 fully saturated rings. The zero-order valence-electron chi connectivity index (χ0n) is 17.3. The SMILES string of the molecule is C/C=C/C1CCC(C2CCC(c3ccc4cc(OC)ccc4c3F)CC2)CC1. The minimum absolute atomic E-state index is 0.0181. The Balaban J connectivity index is 1.40. The molecule has 0 saturated heterocycles. The summed E-state index contributed by atoms with van der Waals surface area (Å²) in [6.07, 6.45) is 14.9. The van der Waals surface area contributed by atoms with Gasteiger partial charge in [-0.25, -0.2) is 4.39 Å². The molecule has 0 N–H and O–H groups in total. The molecule has 4 rings (SSSR count). The van der Waals surface area contributed by atoms with Crippen molar-refractivity contribution in [2.75, 3.05) is 7.11 Å². The first-order valence-electron chi connectivity index (χ1n) is 11.1. The lowest BCUT2D eigenvalue weighted by molar-refractivity contribution is 0.171. The minimum atomic E-state index is -0.0181. The number of hydrogen-bond donors (Lipinski definition) is 0. The first kappa shape index (κ1) is 19.5. The summed E-state index contributed by atoms with van der Waals surface area (Å²) in [5.41, 5.74) is 0.924. The van der Waals surface area contributed by atoms with Gasteiger partial charge in [-0.15, -0.1) is 0 Å². The van der Waals surface area contributed by atoms with Crippen molar-refractivity contribution in [1.82, 2.24) is 0 Å². The molecule has 28 heavy (non-hydrogen) atoms. The van der Waals surface area contributed by atoms with Crippen LogP contribution in [0, 0.1) is 23.6 Å². The van der Waals surface area contributed by atoms with Gasteiger partial charge in [-0.2, -0.15) is 0 Å². The predicted octanol–water partition coefficient (Wildman–Crippen LogP) is 7.64. The van der Waals surface area contributed by atoms with E-state index >= 15 is 4.39 Å². The van der Waals surface area contributed by atoms with Crippen molar-refractivity contribution < 1.29 is 9.13 Å². The van der Waals surface area contributed by atoms with Crippen molar-refractivity contribution in [2.24, 2.45) is 17.8 Å². The summed E-state index contributed by atoms with van der Waals surface area (Å²) < 4.78 is 20.5. The molecular weight excluding hydrogens is 347 g/mol. The van der Waals surface area contributed by atoms with Crippen LogP contribution in [-0.4, -0.2) is 7.11 Å². The molecular formula is C26H33FO. The van der Waals surface area contributed by atoms with Crippen LogP contribution in [0.15, 0.2) is 42.5 Å². The largest absolute Gasteiger partial charge is 0.497 e. The fourth-order valence-electron chi connectivity index (χ4n) is 5.71. The average molecular weight is 381 g/mol. The van der Waals surface area contributed by atoms with Crippen molar-refractivity contribution in [1.29, 1.82) is 0 Å². The number of fused-ring (bicyclic) bond motifs is 1. The van der Waals surface area contributed by atoms with Gasteiger partial charge in [0.1, 0.15) is 11.6 Å². The summed E-state index contributed by atoms with van der Waals surface area (Å²) in [7, 11) is 1.65. The molecule has 0 amide bonds. The number of methoxy groups -OCH3 is 1. The van der Waals surface area contributed by atoms with E-state index in [1.165, 1.54) is 38.5 Å². The molecule has 1 nitrogen and oxygen atoms in total. The van der Waals surface area contributed by atoms with Gasteiger partial charge in [-0.05, 0) is 111 Å². The predicted molar refractivity (Wildman–Crippen MR) is 115 cm³/mol. The molecule has 2 aromatic rings. The number of benzene rings is 2. The van der Waals surface area contributed by atoms with Crippen molar-refractivity contribution >= 4 is 10.8 Å². The van der Waals surface area contributed by atoms with Crippen LogP contribution in [0.5, 0.6) is 5.75 Å². The number of hydrogen-bond acceptors (Lipinski definition) is 1. The fourth-order valence-corrected chi connectivity index (χ4v) is 5.71. The van der Waals surface area contributed by atoms with Crippen LogP contribution in [0.3, 0.4) is 0 Å². The molecule has 0 aliphatic heterocycles. The Hall–Kier alpha value is -1.83. The van der Waals surface area contributed by atoms with Crippen molar-refractivity contribution in [3.05, 3.63) is 53.9 Å². The van der Waals surface area contributed by atoms with E-state index < -0.39 is 0 Å². The maximum Gasteiger partial charge on any atom is 0.134 e. The monoisotopic (exact) mass is 380 g/mol. The summed E-state index contributed by atoms with van der Waals surface area (Å²) in [6.45, 7) is 2.13. The normalized spacial score (nSPS) is 28.7. The Labute approximate surface area is 169 Å². The molecule has 0 bridgehead atoms. The second kappa shape index (κ2) is 8.68. The van der Waals surface area contributed by atoms with E-state index in [2.05, 4.69) is 25.1 Å². The Bertz CT molecular complexity index is 824. The molecule has 2 aromatic carbocycles. The summed E-state index contributed by atoms with van der Waals surface area (Å²) in [5, 5.41) is 1.65. The molecule has 2 saturated carbocycles. The number of halogens is 1. The van der Waals surface area contributed by atoms with Crippen LogP contribution < -0.4 is 4.74 Å². The van der Waals surface area contributed by atoms with Gasteiger partial charge < -0.3 is 4.74 Å². The third kappa shape index (κ3) is 3.97. The Morgan fingerprint density at radius 3 is 2.21 bits per heavy atom. The van der Waals surface area contributed by atoms with Gasteiger partial charge in [0.2, 0.25) is 0 Å². The summed E-state index contributed by atoms with van der Waals surface area (Å²) >= 11 is 0. The van der Waals surface area contributed by atoms with Crippen LogP contribution in [0.1, 0.15) is 69.8 Å². The topological polar surface area (TPSA) is 9.23 Å². The smallest absolute Gasteiger partial charge is 0.134 e. The maximum absolute atomic E-state index is 15.2. The highest BCUT2D eigenvalue weighted by Crippen LogP contribution is 2.45. The zero-order chi connectivity index (χ0) is 19.5. The number of allylic oxidation sites excluding steroid dienone is 2. The Kier molecular flexibility index (Phi) is 6.04. The van der Waals surface area contributed by atoms with Gasteiger partial charge in [-0.1, -0.05) is 24.3 Å². The third-order valence-electron chi connectivity index (χ3n) is 7.35. The van der Waals surface area contributed by atoms with Gasteiger partial charge in [0.05, 0.1) is 7.11 Å². The van der Waals surface area contributed by atoms with E-state index in [1.54, 1.807) is 7.11 Å². The highest BCUT2D eigenvalue weighted by molar-refractivity contribution is 5.85. The van der Waals surface area contributed by atoms with Crippen molar-refractivity contribution in [3.63, 3.8) is 0 Å². The van der Waals surface area contributed by atoms with E-state index in [-0.39, 0.29) is 5.82 Å². The second-order valence-electron chi connectivity index (χ2n) is 8.87. The van der Waals surface area contributed by atoms with Gasteiger partial charge in [0.15, 0.2) is 0 Å². The van der Waals surface area contributed by atoms with Gasteiger partial charge in [0.25, 0.3) is 0 Å². The number of rotatable bonds is 4. The van der Waals surface area contributed by atoms with Gasteiger partial charge in [-0.3, -0.25) is 0 Å². The fraction of sp³-hybridized carbons (Fsp3) is 0.538. The Morgan fingerprint density at radius 1 is 0.893 bits per heavy atom. The van der Waals surface area contributed by atoms with Crippen LogP contribution in [0.4, 0.5) is 4.39 Å². The van der Waals surface area contributed by atoms with E-state index in [1.807, 2.05) is 24.3 Å². The molecule has 2 aliphatic rings. The van der Waals surface area contributed by atoms with Crippen molar-refractivity contribution in [3.8, 4) is 5.75 Å². The molecule has 0 spiro atoms. The third-order valence-corrected chi connectivity index (χ3v) is 7.35. The molecule has 0 unspecified atom stereocenters. The molecule has 0 atom stereocenters. The first-order chi connectivity index (χ1) is 13.7. The van der Waals surface area contributed by atoms with Crippen LogP contribution in [0.25, 0.3) is 10.8 Å². The molecule has 2 aliphatic carbocycles. The molecule has 0 aromatic heterocycles. The Morgan fingerprint density at radius 2 is 1.57 bits per heavy atom. The van der Waals surface area contributed by atoms with Gasteiger partial charge in [0, 0.05) is 5.39 Å². The zero-order valence-corrected chi connectivity index (χ0v) is 17.3. The maximum atomic E-state index is 15.2. The quantitative estimate of drug-likeness (QED) is 0.495. The van der Waals surface area contributed by atoms with E-state index in [0.717, 1.165) is 52.7 Å². The summed E-state index contributed by atoms with van der Waals surface area (Å²) in [4.78, 5) is 0. The molecule has 0 radical (unpaired) electrons. The van der Waals surface area contributed by atoms with Crippen LogP contribution >= 0.6 is 0 Å². The van der Waals surface area contributed by atoms with Crippen molar-refractivity contribution in [2.45, 2.75) is 64.2 Å². The lowest BCUT2D eigenvalue weighted by Crippen LogP contribution is -2.25. The number of ether oxygens (including phenoxy) is 1. The average Bonchev–Trinajstić information content (AvgIpc) is 2.75.